The maximum absolute atomic E-state index is 12.2. The molecule has 0 aliphatic heterocycles. The number of aryl methyl sites for hydroxylation is 1. The van der Waals surface area contributed by atoms with E-state index < -0.39 is 0 Å². The van der Waals surface area contributed by atoms with Gasteiger partial charge in [-0.15, -0.1) is 0 Å². The summed E-state index contributed by atoms with van der Waals surface area (Å²) in [5.41, 5.74) is 3.61. The third-order valence-corrected chi connectivity index (χ3v) is 3.94. The summed E-state index contributed by atoms with van der Waals surface area (Å²) >= 11 is 0. The first kappa shape index (κ1) is 17.7. The zero-order chi connectivity index (χ0) is 17.5. The normalized spacial score (nSPS) is 10.2. The van der Waals surface area contributed by atoms with Crippen LogP contribution in [0, 0.1) is 6.92 Å². The van der Waals surface area contributed by atoms with Crippen LogP contribution in [0.1, 0.15) is 19.4 Å². The van der Waals surface area contributed by atoms with Crippen molar-refractivity contribution in [3.8, 4) is 5.75 Å². The molecule has 0 fully saturated rings. The monoisotopic (exact) mass is 327 g/mol. The van der Waals surface area contributed by atoms with Gasteiger partial charge in [0.25, 0.3) is 0 Å². The number of para-hydroxylation sites is 2. The number of urea groups is 1. The lowest BCUT2D eigenvalue weighted by molar-refractivity contribution is 0.262. The van der Waals surface area contributed by atoms with Crippen LogP contribution in [0.5, 0.6) is 5.75 Å². The highest BCUT2D eigenvalue weighted by atomic mass is 16.5. The number of anilines is 3. The minimum Gasteiger partial charge on any atom is -0.495 e. The number of rotatable bonds is 6. The fourth-order valence-electron chi connectivity index (χ4n) is 2.60. The first-order chi connectivity index (χ1) is 11.6. The van der Waals surface area contributed by atoms with Crippen molar-refractivity contribution in [2.24, 2.45) is 0 Å². The lowest BCUT2D eigenvalue weighted by Gasteiger charge is -2.22. The lowest BCUT2D eigenvalue weighted by Crippen LogP contribution is -2.23. The van der Waals surface area contributed by atoms with Crippen LogP contribution in [0.3, 0.4) is 0 Å². The number of nitrogens with one attached hydrogen (secondary N) is 2. The molecule has 2 aromatic carbocycles. The quantitative estimate of drug-likeness (QED) is 0.821. The molecule has 24 heavy (non-hydrogen) atoms. The first-order valence-electron chi connectivity index (χ1n) is 8.15. The van der Waals surface area contributed by atoms with Gasteiger partial charge in [-0.2, -0.15) is 0 Å². The molecule has 0 bridgehead atoms. The van der Waals surface area contributed by atoms with Crippen LogP contribution in [0.4, 0.5) is 21.9 Å². The van der Waals surface area contributed by atoms with E-state index in [0.717, 1.165) is 30.0 Å². The Hall–Kier alpha value is -2.69. The van der Waals surface area contributed by atoms with E-state index in [1.165, 1.54) is 0 Å². The van der Waals surface area contributed by atoms with Crippen LogP contribution in [0.25, 0.3) is 0 Å². The van der Waals surface area contributed by atoms with Gasteiger partial charge < -0.3 is 20.3 Å². The molecule has 5 nitrogen and oxygen atoms in total. The topological polar surface area (TPSA) is 53.6 Å². The lowest BCUT2D eigenvalue weighted by atomic mass is 10.1. The number of carbonyl (C=O) groups is 1. The standard InChI is InChI=1S/C19H25N3O2/c1-5-22(6-2)15-11-12-16(14(3)13-15)20-19(23)21-17-9-7-8-10-18(17)24-4/h7-13H,5-6H2,1-4H3,(H2,20,21,23). The number of hydrogen-bond donors (Lipinski definition) is 2. The van der Waals surface area contributed by atoms with Gasteiger partial charge in [0, 0.05) is 24.5 Å². The number of ether oxygens (including phenoxy) is 1. The van der Waals surface area contributed by atoms with Gasteiger partial charge in [0.2, 0.25) is 0 Å². The number of benzene rings is 2. The molecule has 0 saturated carbocycles. The van der Waals surface area contributed by atoms with Gasteiger partial charge in [0.1, 0.15) is 5.75 Å². The summed E-state index contributed by atoms with van der Waals surface area (Å²) in [6, 6.07) is 13.1. The first-order valence-corrected chi connectivity index (χ1v) is 8.15. The van der Waals surface area contributed by atoms with Crippen molar-refractivity contribution >= 4 is 23.1 Å². The Kier molecular flexibility index (Phi) is 6.07. The van der Waals surface area contributed by atoms with Crippen molar-refractivity contribution in [1.82, 2.24) is 0 Å². The Morgan fingerprint density at radius 2 is 1.71 bits per heavy atom. The van der Waals surface area contributed by atoms with Crippen molar-refractivity contribution in [3.63, 3.8) is 0 Å². The summed E-state index contributed by atoms with van der Waals surface area (Å²) < 4.78 is 5.24. The molecule has 0 heterocycles. The summed E-state index contributed by atoms with van der Waals surface area (Å²) in [5.74, 6) is 0.626. The molecule has 0 unspecified atom stereocenters. The minimum atomic E-state index is -0.293. The fourth-order valence-corrected chi connectivity index (χ4v) is 2.60. The van der Waals surface area contributed by atoms with Gasteiger partial charge >= 0.3 is 6.03 Å². The Morgan fingerprint density at radius 3 is 2.33 bits per heavy atom. The van der Waals surface area contributed by atoms with Crippen molar-refractivity contribution in [2.75, 3.05) is 35.7 Å². The summed E-state index contributed by atoms with van der Waals surface area (Å²) in [6.45, 7) is 8.16. The number of amides is 2. The smallest absolute Gasteiger partial charge is 0.323 e. The average Bonchev–Trinajstić information content (AvgIpc) is 2.59. The number of hydrogen-bond acceptors (Lipinski definition) is 3. The average molecular weight is 327 g/mol. The molecular formula is C19H25N3O2. The number of nitrogens with zero attached hydrogens (tertiary/aromatic N) is 1. The second kappa shape index (κ2) is 8.24. The van der Waals surface area contributed by atoms with E-state index in [4.69, 9.17) is 4.74 Å². The summed E-state index contributed by atoms with van der Waals surface area (Å²) in [4.78, 5) is 14.5. The molecular weight excluding hydrogens is 302 g/mol. The van der Waals surface area contributed by atoms with E-state index in [0.29, 0.717) is 11.4 Å². The molecule has 0 radical (unpaired) electrons. The van der Waals surface area contributed by atoms with Crippen molar-refractivity contribution in [3.05, 3.63) is 48.0 Å². The minimum absolute atomic E-state index is 0.293. The molecule has 2 N–H and O–H groups in total. The van der Waals surface area contributed by atoms with E-state index >= 15 is 0 Å². The largest absolute Gasteiger partial charge is 0.495 e. The molecule has 2 rings (SSSR count). The number of methoxy groups -OCH3 is 1. The summed E-state index contributed by atoms with van der Waals surface area (Å²) in [7, 11) is 1.58. The Labute approximate surface area is 143 Å². The molecule has 128 valence electrons. The molecule has 0 aliphatic rings. The third-order valence-electron chi connectivity index (χ3n) is 3.94. The van der Waals surface area contributed by atoms with Crippen LogP contribution in [-0.4, -0.2) is 26.2 Å². The third kappa shape index (κ3) is 4.19. The fraction of sp³-hybridized carbons (Fsp3) is 0.316. The Bertz CT molecular complexity index is 697. The van der Waals surface area contributed by atoms with E-state index in [9.17, 15) is 4.79 Å². The summed E-state index contributed by atoms with van der Waals surface area (Å²) in [6.07, 6.45) is 0. The molecule has 0 spiro atoms. The molecule has 2 amide bonds. The molecule has 0 aromatic heterocycles. The van der Waals surface area contributed by atoms with Crippen molar-refractivity contribution in [2.45, 2.75) is 20.8 Å². The Morgan fingerprint density at radius 1 is 1.04 bits per heavy atom. The van der Waals surface area contributed by atoms with Gasteiger partial charge in [0.05, 0.1) is 12.8 Å². The van der Waals surface area contributed by atoms with E-state index in [2.05, 4.69) is 35.4 Å². The van der Waals surface area contributed by atoms with Crippen LogP contribution < -0.4 is 20.3 Å². The number of carbonyl (C=O) groups excluding carboxylic acids is 1. The van der Waals surface area contributed by atoms with Crippen molar-refractivity contribution in [1.29, 1.82) is 0 Å². The van der Waals surface area contributed by atoms with E-state index in [-0.39, 0.29) is 6.03 Å². The second-order valence-corrected chi connectivity index (χ2v) is 5.45. The van der Waals surface area contributed by atoms with Crippen molar-refractivity contribution < 1.29 is 9.53 Å². The van der Waals surface area contributed by atoms with Crippen LogP contribution in [-0.2, 0) is 0 Å². The summed E-state index contributed by atoms with van der Waals surface area (Å²) in [5, 5.41) is 5.70. The maximum atomic E-state index is 12.2. The SMILES string of the molecule is CCN(CC)c1ccc(NC(=O)Nc2ccccc2OC)c(C)c1. The van der Waals surface area contributed by atoms with Crippen LogP contribution >= 0.6 is 0 Å². The second-order valence-electron chi connectivity index (χ2n) is 5.45. The molecule has 5 heteroatoms. The highest BCUT2D eigenvalue weighted by molar-refractivity contribution is 6.01. The Balaban J connectivity index is 2.09. The molecule has 2 aromatic rings. The van der Waals surface area contributed by atoms with Crippen LogP contribution in [0.15, 0.2) is 42.5 Å². The van der Waals surface area contributed by atoms with Gasteiger partial charge in [-0.1, -0.05) is 12.1 Å². The van der Waals surface area contributed by atoms with Gasteiger partial charge in [-0.3, -0.25) is 0 Å². The zero-order valence-corrected chi connectivity index (χ0v) is 14.7. The molecule has 0 atom stereocenters. The molecule has 0 aliphatic carbocycles. The predicted octanol–water partition coefficient (Wildman–Crippen LogP) is 4.49. The van der Waals surface area contributed by atoms with E-state index in [1.54, 1.807) is 19.2 Å². The highest BCUT2D eigenvalue weighted by Gasteiger charge is 2.10. The van der Waals surface area contributed by atoms with Gasteiger partial charge in [0.15, 0.2) is 0 Å². The van der Waals surface area contributed by atoms with Gasteiger partial charge in [-0.05, 0) is 56.7 Å². The predicted molar refractivity (Wildman–Crippen MR) is 100 cm³/mol. The zero-order valence-electron chi connectivity index (χ0n) is 14.7. The van der Waals surface area contributed by atoms with E-state index in [1.807, 2.05) is 31.2 Å². The van der Waals surface area contributed by atoms with Crippen LogP contribution in [0.2, 0.25) is 0 Å². The highest BCUT2D eigenvalue weighted by Crippen LogP contribution is 2.25. The maximum Gasteiger partial charge on any atom is 0.323 e. The molecule has 0 saturated heterocycles. The van der Waals surface area contributed by atoms with Gasteiger partial charge in [-0.25, -0.2) is 4.79 Å².